The van der Waals surface area contributed by atoms with Gasteiger partial charge in [-0.25, -0.2) is 4.68 Å². The van der Waals surface area contributed by atoms with Crippen LogP contribution in [0.25, 0.3) is 22.0 Å². The molecule has 2 heterocycles. The summed E-state index contributed by atoms with van der Waals surface area (Å²) in [6.07, 6.45) is 1.39. The van der Waals surface area contributed by atoms with Crippen LogP contribution in [0.4, 0.5) is 5.82 Å². The molecule has 0 spiro atoms. The molecule has 0 saturated carbocycles. The van der Waals surface area contributed by atoms with E-state index in [9.17, 15) is 4.79 Å². The number of carbonyl (C=O) groups excluding carboxylic acids is 1. The first-order valence-electron chi connectivity index (χ1n) is 9.96. The van der Waals surface area contributed by atoms with Gasteiger partial charge in [-0.1, -0.05) is 30.8 Å². The van der Waals surface area contributed by atoms with E-state index in [1.165, 1.54) is 6.08 Å². The van der Waals surface area contributed by atoms with Gasteiger partial charge in [0.05, 0.1) is 12.6 Å². The molecule has 1 fully saturated rings. The molecule has 29 heavy (non-hydrogen) atoms. The molecule has 1 aliphatic heterocycles. The SMILES string of the molecule is C=CC(=O)N1CCN(c2c3ccc(-c4ccccc4OC)cc3nn2CC)CC1. The number of amides is 1. The highest BCUT2D eigenvalue weighted by molar-refractivity contribution is 5.94. The molecule has 6 heteroatoms. The summed E-state index contributed by atoms with van der Waals surface area (Å²) < 4.78 is 7.58. The Kier molecular flexibility index (Phi) is 5.25. The molecular weight excluding hydrogens is 364 g/mol. The van der Waals surface area contributed by atoms with Crippen LogP contribution in [0.3, 0.4) is 0 Å². The molecule has 0 N–H and O–H groups in total. The Bertz CT molecular complexity index is 1050. The Morgan fingerprint density at radius 3 is 2.62 bits per heavy atom. The van der Waals surface area contributed by atoms with Gasteiger partial charge in [0.25, 0.3) is 0 Å². The van der Waals surface area contributed by atoms with Crippen molar-refractivity contribution < 1.29 is 9.53 Å². The number of rotatable bonds is 5. The number of fused-ring (bicyclic) bond motifs is 1. The van der Waals surface area contributed by atoms with Crippen molar-refractivity contribution >= 4 is 22.6 Å². The zero-order valence-electron chi connectivity index (χ0n) is 17.0. The summed E-state index contributed by atoms with van der Waals surface area (Å²) in [5, 5.41) is 5.99. The van der Waals surface area contributed by atoms with Gasteiger partial charge in [-0.05, 0) is 36.8 Å². The molecule has 1 aromatic heterocycles. The number of hydrogen-bond donors (Lipinski definition) is 0. The minimum Gasteiger partial charge on any atom is -0.496 e. The van der Waals surface area contributed by atoms with Gasteiger partial charge >= 0.3 is 0 Å². The number of aryl methyl sites for hydroxylation is 1. The van der Waals surface area contributed by atoms with E-state index in [2.05, 4.69) is 47.3 Å². The molecule has 1 aliphatic rings. The molecule has 0 radical (unpaired) electrons. The van der Waals surface area contributed by atoms with Gasteiger partial charge in [-0.15, -0.1) is 0 Å². The van der Waals surface area contributed by atoms with Crippen molar-refractivity contribution in [2.45, 2.75) is 13.5 Å². The molecule has 0 bridgehead atoms. The van der Waals surface area contributed by atoms with Crippen LogP contribution in [-0.2, 0) is 11.3 Å². The molecule has 1 amide bonds. The lowest BCUT2D eigenvalue weighted by atomic mass is 10.0. The van der Waals surface area contributed by atoms with Crippen LogP contribution >= 0.6 is 0 Å². The first-order chi connectivity index (χ1) is 14.2. The van der Waals surface area contributed by atoms with Crippen molar-refractivity contribution in [3.8, 4) is 16.9 Å². The average molecular weight is 390 g/mol. The number of benzene rings is 2. The maximum absolute atomic E-state index is 11.9. The number of hydrogen-bond acceptors (Lipinski definition) is 4. The van der Waals surface area contributed by atoms with Crippen LogP contribution in [0.2, 0.25) is 0 Å². The molecule has 0 aliphatic carbocycles. The van der Waals surface area contributed by atoms with E-state index in [1.54, 1.807) is 7.11 Å². The summed E-state index contributed by atoms with van der Waals surface area (Å²) in [4.78, 5) is 16.1. The van der Waals surface area contributed by atoms with Crippen molar-refractivity contribution in [1.29, 1.82) is 0 Å². The largest absolute Gasteiger partial charge is 0.496 e. The molecule has 1 saturated heterocycles. The molecule has 6 nitrogen and oxygen atoms in total. The first-order valence-corrected chi connectivity index (χ1v) is 9.96. The molecule has 150 valence electrons. The van der Waals surface area contributed by atoms with Crippen molar-refractivity contribution in [2.75, 3.05) is 38.2 Å². The fourth-order valence-electron chi connectivity index (χ4n) is 3.99. The summed E-state index contributed by atoms with van der Waals surface area (Å²) in [7, 11) is 1.69. The maximum Gasteiger partial charge on any atom is 0.246 e. The van der Waals surface area contributed by atoms with Crippen molar-refractivity contribution in [2.24, 2.45) is 0 Å². The summed E-state index contributed by atoms with van der Waals surface area (Å²) in [5.74, 6) is 1.98. The Hall–Kier alpha value is -3.28. The number of carbonyl (C=O) groups is 1. The van der Waals surface area contributed by atoms with E-state index in [1.807, 2.05) is 23.1 Å². The summed E-state index contributed by atoms with van der Waals surface area (Å²) in [6, 6.07) is 14.4. The topological polar surface area (TPSA) is 50.6 Å². The highest BCUT2D eigenvalue weighted by Crippen LogP contribution is 2.34. The molecule has 0 unspecified atom stereocenters. The molecule has 0 atom stereocenters. The van der Waals surface area contributed by atoms with E-state index in [4.69, 9.17) is 9.84 Å². The molecular formula is C23H26N4O2. The third kappa shape index (κ3) is 3.46. The van der Waals surface area contributed by atoms with E-state index in [0.29, 0.717) is 13.1 Å². The monoisotopic (exact) mass is 390 g/mol. The smallest absolute Gasteiger partial charge is 0.246 e. The van der Waals surface area contributed by atoms with Crippen molar-refractivity contribution in [1.82, 2.24) is 14.7 Å². The number of methoxy groups -OCH3 is 1. The van der Waals surface area contributed by atoms with E-state index in [0.717, 1.165) is 53.2 Å². The van der Waals surface area contributed by atoms with Gasteiger partial charge in [0.2, 0.25) is 5.91 Å². The lowest BCUT2D eigenvalue weighted by Crippen LogP contribution is -2.48. The van der Waals surface area contributed by atoms with Crippen molar-refractivity contribution in [3.63, 3.8) is 0 Å². The van der Waals surface area contributed by atoms with Gasteiger partial charge in [0.1, 0.15) is 11.6 Å². The summed E-state index contributed by atoms with van der Waals surface area (Å²) in [6.45, 7) is 9.45. The van der Waals surface area contributed by atoms with Crippen LogP contribution in [0, 0.1) is 0 Å². The first kappa shape index (κ1) is 19.1. The zero-order valence-corrected chi connectivity index (χ0v) is 17.0. The van der Waals surface area contributed by atoms with E-state index < -0.39 is 0 Å². The minimum absolute atomic E-state index is 0.0000394. The number of anilines is 1. The Morgan fingerprint density at radius 2 is 1.93 bits per heavy atom. The zero-order chi connectivity index (χ0) is 20.4. The van der Waals surface area contributed by atoms with Gasteiger partial charge < -0.3 is 14.5 Å². The van der Waals surface area contributed by atoms with Crippen molar-refractivity contribution in [3.05, 3.63) is 55.1 Å². The summed E-state index contributed by atoms with van der Waals surface area (Å²) >= 11 is 0. The Morgan fingerprint density at radius 1 is 1.17 bits per heavy atom. The highest BCUT2D eigenvalue weighted by atomic mass is 16.5. The second kappa shape index (κ2) is 7.99. The van der Waals surface area contributed by atoms with Crippen LogP contribution in [-0.4, -0.2) is 53.9 Å². The predicted molar refractivity (Wildman–Crippen MR) is 116 cm³/mol. The Labute approximate surface area is 171 Å². The third-order valence-corrected chi connectivity index (χ3v) is 5.49. The molecule has 3 aromatic rings. The highest BCUT2D eigenvalue weighted by Gasteiger charge is 2.24. The van der Waals surface area contributed by atoms with Crippen LogP contribution in [0.15, 0.2) is 55.1 Å². The van der Waals surface area contributed by atoms with Crippen LogP contribution < -0.4 is 9.64 Å². The number of aromatic nitrogens is 2. The second-order valence-corrected chi connectivity index (χ2v) is 7.09. The predicted octanol–water partition coefficient (Wildman–Crippen LogP) is 3.57. The number of nitrogens with zero attached hydrogens (tertiary/aromatic N) is 4. The van der Waals surface area contributed by atoms with Gasteiger partial charge in [0.15, 0.2) is 0 Å². The molecule has 4 rings (SSSR count). The fourth-order valence-corrected chi connectivity index (χ4v) is 3.99. The number of para-hydroxylation sites is 1. The fraction of sp³-hybridized carbons (Fsp3) is 0.304. The van der Waals surface area contributed by atoms with E-state index in [-0.39, 0.29) is 5.91 Å². The van der Waals surface area contributed by atoms with Crippen LogP contribution in [0.1, 0.15) is 6.92 Å². The minimum atomic E-state index is -0.0000394. The standard InChI is InChI=1S/C23H26N4O2/c1-4-22(28)25-12-14-26(15-13-25)23-19-11-10-17(16-20(19)24-27(23)5-2)18-8-6-7-9-21(18)29-3/h4,6-11,16H,1,5,12-15H2,2-3H3. The number of piperazine rings is 1. The Balaban J connectivity index is 1.69. The van der Waals surface area contributed by atoms with Crippen LogP contribution in [0.5, 0.6) is 5.75 Å². The maximum atomic E-state index is 11.9. The second-order valence-electron chi connectivity index (χ2n) is 7.09. The average Bonchev–Trinajstić information content (AvgIpc) is 3.16. The quantitative estimate of drug-likeness (QED) is 0.625. The normalized spacial score (nSPS) is 14.3. The van der Waals surface area contributed by atoms with Gasteiger partial charge in [0, 0.05) is 43.7 Å². The summed E-state index contributed by atoms with van der Waals surface area (Å²) in [5.41, 5.74) is 3.11. The van der Waals surface area contributed by atoms with E-state index >= 15 is 0 Å². The molecule has 2 aromatic carbocycles. The van der Waals surface area contributed by atoms with Gasteiger partial charge in [-0.3, -0.25) is 4.79 Å². The number of ether oxygens (including phenoxy) is 1. The lowest BCUT2D eigenvalue weighted by Gasteiger charge is -2.35. The third-order valence-electron chi connectivity index (χ3n) is 5.49. The lowest BCUT2D eigenvalue weighted by molar-refractivity contribution is -0.126. The van der Waals surface area contributed by atoms with Gasteiger partial charge in [-0.2, -0.15) is 5.10 Å².